The van der Waals surface area contributed by atoms with Gasteiger partial charge in [0.15, 0.2) is 6.29 Å². The summed E-state index contributed by atoms with van der Waals surface area (Å²) in [6, 6.07) is 2.08. The first-order chi connectivity index (χ1) is 6.26. The standard InChI is InChI=1S/C10H11BrOS/c11-10(4-1-2-5-10)8-3-6-13-9(8)7-12/h3,6-7H,1-2,4-5H2. The summed E-state index contributed by atoms with van der Waals surface area (Å²) in [5, 5.41) is 2.00. The van der Waals surface area contributed by atoms with Gasteiger partial charge in [-0.15, -0.1) is 11.3 Å². The number of carbonyl (C=O) groups is 1. The summed E-state index contributed by atoms with van der Waals surface area (Å²) >= 11 is 5.31. The van der Waals surface area contributed by atoms with Crippen molar-refractivity contribution in [2.75, 3.05) is 0 Å². The maximum Gasteiger partial charge on any atom is 0.160 e. The largest absolute Gasteiger partial charge is 0.297 e. The average molecular weight is 259 g/mol. The summed E-state index contributed by atoms with van der Waals surface area (Å²) in [4.78, 5) is 11.7. The smallest absolute Gasteiger partial charge is 0.160 e. The summed E-state index contributed by atoms with van der Waals surface area (Å²) < 4.78 is 0.100. The number of aldehydes is 1. The van der Waals surface area contributed by atoms with E-state index in [2.05, 4.69) is 22.0 Å². The first-order valence-electron chi connectivity index (χ1n) is 4.48. The zero-order valence-corrected chi connectivity index (χ0v) is 9.66. The Morgan fingerprint density at radius 2 is 2.15 bits per heavy atom. The summed E-state index contributed by atoms with van der Waals surface area (Å²) in [5.41, 5.74) is 1.20. The van der Waals surface area contributed by atoms with Crippen LogP contribution in [0.2, 0.25) is 0 Å². The van der Waals surface area contributed by atoms with Crippen molar-refractivity contribution < 1.29 is 4.79 Å². The molecule has 0 spiro atoms. The fourth-order valence-corrected chi connectivity index (χ4v) is 3.82. The van der Waals surface area contributed by atoms with Gasteiger partial charge in [0.1, 0.15) is 0 Å². The van der Waals surface area contributed by atoms with Crippen LogP contribution in [-0.2, 0) is 4.32 Å². The highest BCUT2D eigenvalue weighted by Gasteiger charge is 2.34. The molecule has 1 aromatic rings. The predicted molar refractivity (Wildman–Crippen MR) is 58.8 cm³/mol. The molecule has 0 amide bonds. The first-order valence-corrected chi connectivity index (χ1v) is 6.15. The second-order valence-corrected chi connectivity index (χ2v) is 5.95. The molecule has 1 nitrogen and oxygen atoms in total. The second kappa shape index (κ2) is 3.54. The fourth-order valence-electron chi connectivity index (χ4n) is 1.99. The zero-order chi connectivity index (χ0) is 9.31. The van der Waals surface area contributed by atoms with Crippen molar-refractivity contribution in [3.05, 3.63) is 21.9 Å². The van der Waals surface area contributed by atoms with Gasteiger partial charge in [-0.1, -0.05) is 28.8 Å². The lowest BCUT2D eigenvalue weighted by atomic mass is 9.98. The molecule has 2 rings (SSSR count). The number of carbonyl (C=O) groups excluding carboxylic acids is 1. The van der Waals surface area contributed by atoms with E-state index in [-0.39, 0.29) is 4.32 Å². The van der Waals surface area contributed by atoms with Gasteiger partial charge in [-0.2, -0.15) is 0 Å². The van der Waals surface area contributed by atoms with Crippen molar-refractivity contribution in [3.8, 4) is 0 Å². The molecule has 0 unspecified atom stereocenters. The molecule has 1 aromatic heterocycles. The minimum absolute atomic E-state index is 0.100. The lowest BCUT2D eigenvalue weighted by Gasteiger charge is -2.20. The van der Waals surface area contributed by atoms with Crippen molar-refractivity contribution in [2.24, 2.45) is 0 Å². The maximum atomic E-state index is 10.8. The molecular weight excluding hydrogens is 248 g/mol. The highest BCUT2D eigenvalue weighted by atomic mass is 79.9. The van der Waals surface area contributed by atoms with Gasteiger partial charge in [0.2, 0.25) is 0 Å². The quantitative estimate of drug-likeness (QED) is 0.584. The first kappa shape index (κ1) is 9.41. The van der Waals surface area contributed by atoms with Crippen molar-refractivity contribution >= 4 is 33.6 Å². The van der Waals surface area contributed by atoms with Gasteiger partial charge in [-0.25, -0.2) is 0 Å². The summed E-state index contributed by atoms with van der Waals surface area (Å²) in [6.45, 7) is 0. The molecule has 13 heavy (non-hydrogen) atoms. The van der Waals surface area contributed by atoms with E-state index in [0.29, 0.717) is 0 Å². The monoisotopic (exact) mass is 258 g/mol. The van der Waals surface area contributed by atoms with Crippen molar-refractivity contribution in [1.29, 1.82) is 0 Å². The maximum absolute atomic E-state index is 10.8. The molecule has 0 radical (unpaired) electrons. The molecule has 0 atom stereocenters. The van der Waals surface area contributed by atoms with Crippen LogP contribution in [0.5, 0.6) is 0 Å². The van der Waals surface area contributed by atoms with Crippen molar-refractivity contribution in [2.45, 2.75) is 30.0 Å². The van der Waals surface area contributed by atoms with Gasteiger partial charge in [-0.3, -0.25) is 4.79 Å². The SMILES string of the molecule is O=Cc1sccc1C1(Br)CCCC1. The number of hydrogen-bond acceptors (Lipinski definition) is 2. The topological polar surface area (TPSA) is 17.1 Å². The van der Waals surface area contributed by atoms with Gasteiger partial charge >= 0.3 is 0 Å². The van der Waals surface area contributed by atoms with Crippen LogP contribution < -0.4 is 0 Å². The van der Waals surface area contributed by atoms with Gasteiger partial charge in [0.25, 0.3) is 0 Å². The van der Waals surface area contributed by atoms with E-state index >= 15 is 0 Å². The van der Waals surface area contributed by atoms with Crippen LogP contribution in [0.25, 0.3) is 0 Å². The highest BCUT2D eigenvalue weighted by molar-refractivity contribution is 9.09. The molecule has 70 valence electrons. The molecule has 0 saturated heterocycles. The molecule has 0 aromatic carbocycles. The molecule has 0 bridgehead atoms. The van der Waals surface area contributed by atoms with Gasteiger partial charge in [-0.05, 0) is 29.9 Å². The lowest BCUT2D eigenvalue weighted by Crippen LogP contribution is -2.12. The Morgan fingerprint density at radius 1 is 1.46 bits per heavy atom. The Kier molecular flexibility index (Phi) is 2.56. The Balaban J connectivity index is 2.38. The summed E-state index contributed by atoms with van der Waals surface area (Å²) in [5.74, 6) is 0. The van der Waals surface area contributed by atoms with Crippen LogP contribution in [0.3, 0.4) is 0 Å². The van der Waals surface area contributed by atoms with E-state index in [1.807, 2.05) is 5.38 Å². The van der Waals surface area contributed by atoms with Crippen LogP contribution >= 0.6 is 27.3 Å². The van der Waals surface area contributed by atoms with Crippen LogP contribution in [0, 0.1) is 0 Å². The molecule has 1 heterocycles. The summed E-state index contributed by atoms with van der Waals surface area (Å²) in [7, 11) is 0. The Morgan fingerprint density at radius 3 is 2.77 bits per heavy atom. The second-order valence-electron chi connectivity index (χ2n) is 3.49. The predicted octanol–water partition coefficient (Wildman–Crippen LogP) is 3.72. The van der Waals surface area contributed by atoms with Crippen LogP contribution in [0.1, 0.15) is 40.9 Å². The Bertz CT molecular complexity index is 312. The third-order valence-corrected chi connectivity index (χ3v) is 4.74. The number of alkyl halides is 1. The fraction of sp³-hybridized carbons (Fsp3) is 0.500. The molecule has 1 fully saturated rings. The molecule has 0 aliphatic heterocycles. The highest BCUT2D eigenvalue weighted by Crippen LogP contribution is 2.48. The minimum atomic E-state index is 0.100. The van der Waals surface area contributed by atoms with E-state index in [1.54, 1.807) is 0 Å². The summed E-state index contributed by atoms with van der Waals surface area (Å²) in [6.07, 6.45) is 5.81. The molecule has 1 aliphatic rings. The zero-order valence-electron chi connectivity index (χ0n) is 7.25. The molecule has 1 aliphatic carbocycles. The Hall–Kier alpha value is -0.150. The number of hydrogen-bond donors (Lipinski definition) is 0. The van der Waals surface area contributed by atoms with E-state index in [1.165, 1.54) is 29.7 Å². The van der Waals surface area contributed by atoms with Crippen LogP contribution in [0.4, 0.5) is 0 Å². The third kappa shape index (κ3) is 1.59. The van der Waals surface area contributed by atoms with Crippen LogP contribution in [-0.4, -0.2) is 6.29 Å². The molecule has 0 N–H and O–H groups in total. The normalized spacial score (nSPS) is 20.4. The lowest BCUT2D eigenvalue weighted by molar-refractivity contribution is 0.112. The van der Waals surface area contributed by atoms with E-state index in [9.17, 15) is 4.79 Å². The average Bonchev–Trinajstić information content (AvgIpc) is 2.72. The van der Waals surface area contributed by atoms with Gasteiger partial charge in [0.05, 0.1) is 9.20 Å². The van der Waals surface area contributed by atoms with Crippen LogP contribution in [0.15, 0.2) is 11.4 Å². The molecular formula is C10H11BrOS. The van der Waals surface area contributed by atoms with E-state index in [0.717, 1.165) is 24.0 Å². The van der Waals surface area contributed by atoms with Crippen molar-refractivity contribution in [3.63, 3.8) is 0 Å². The Labute approximate surface area is 90.3 Å². The van der Waals surface area contributed by atoms with Gasteiger partial charge in [0, 0.05) is 0 Å². The number of rotatable bonds is 2. The van der Waals surface area contributed by atoms with Crippen molar-refractivity contribution in [1.82, 2.24) is 0 Å². The van der Waals surface area contributed by atoms with E-state index in [4.69, 9.17) is 0 Å². The van der Waals surface area contributed by atoms with E-state index < -0.39 is 0 Å². The number of halogens is 1. The van der Waals surface area contributed by atoms with Gasteiger partial charge < -0.3 is 0 Å². The molecule has 1 saturated carbocycles. The number of thiophene rings is 1. The third-order valence-electron chi connectivity index (χ3n) is 2.68. The minimum Gasteiger partial charge on any atom is -0.297 e. The molecule has 3 heteroatoms.